The number of hydrogen-bond acceptors (Lipinski definition) is 3. The van der Waals surface area contributed by atoms with Crippen molar-refractivity contribution in [2.45, 2.75) is 56.9 Å². The summed E-state index contributed by atoms with van der Waals surface area (Å²) < 4.78 is 28.3. The molecule has 3 nitrogen and oxygen atoms in total. The van der Waals surface area contributed by atoms with Crippen molar-refractivity contribution in [3.63, 3.8) is 0 Å². The number of aryl methyl sites for hydroxylation is 2. The summed E-state index contributed by atoms with van der Waals surface area (Å²) in [4.78, 5) is 1.62. The Morgan fingerprint density at radius 3 is 2.50 bits per heavy atom. The van der Waals surface area contributed by atoms with E-state index in [1.807, 2.05) is 12.1 Å². The van der Waals surface area contributed by atoms with E-state index in [-0.39, 0.29) is 6.04 Å². The fraction of sp³-hybridized carbons (Fsp3) is 0.474. The highest BCUT2D eigenvalue weighted by atomic mass is 32.2. The van der Waals surface area contributed by atoms with Gasteiger partial charge in [-0.15, -0.1) is 11.3 Å². The molecule has 0 N–H and O–H groups in total. The first-order valence-corrected chi connectivity index (χ1v) is 11.0. The molecule has 2 heterocycles. The van der Waals surface area contributed by atoms with Crippen molar-refractivity contribution in [2.75, 3.05) is 6.54 Å². The molecule has 0 bridgehead atoms. The third-order valence-corrected chi connectivity index (χ3v) is 7.89. The molecule has 130 valence electrons. The first-order valence-electron chi connectivity index (χ1n) is 8.69. The van der Waals surface area contributed by atoms with Gasteiger partial charge in [0.15, 0.2) is 0 Å². The molecule has 1 saturated heterocycles. The molecule has 1 aromatic heterocycles. The normalized spacial score (nSPS) is 20.0. The van der Waals surface area contributed by atoms with Gasteiger partial charge in [0.05, 0.1) is 10.9 Å². The summed E-state index contributed by atoms with van der Waals surface area (Å²) in [5.41, 5.74) is 2.36. The van der Waals surface area contributed by atoms with Crippen LogP contribution in [0.25, 0.3) is 0 Å². The standard InChI is InChI=1S/C19H25NO2S2/c1-3-16-8-10-17(11-9-16)24(21,22)20-13-6-4-5-7-18(20)19-15(2)12-14-23-19/h8-12,14,18H,3-7,13H2,1-2H3. The summed E-state index contributed by atoms with van der Waals surface area (Å²) in [5.74, 6) is 0. The summed E-state index contributed by atoms with van der Waals surface area (Å²) in [5, 5.41) is 2.07. The lowest BCUT2D eigenvalue weighted by Crippen LogP contribution is -2.34. The highest BCUT2D eigenvalue weighted by Gasteiger charge is 2.34. The zero-order chi connectivity index (χ0) is 17.2. The second-order valence-electron chi connectivity index (χ2n) is 6.45. The van der Waals surface area contributed by atoms with E-state index in [9.17, 15) is 8.42 Å². The molecule has 1 aromatic carbocycles. The fourth-order valence-corrected chi connectivity index (χ4v) is 6.20. The van der Waals surface area contributed by atoms with Gasteiger partial charge in [-0.3, -0.25) is 0 Å². The van der Waals surface area contributed by atoms with Crippen LogP contribution in [-0.2, 0) is 16.4 Å². The van der Waals surface area contributed by atoms with E-state index in [0.717, 1.165) is 37.7 Å². The molecule has 1 aliphatic rings. The summed E-state index contributed by atoms with van der Waals surface area (Å²) >= 11 is 1.68. The topological polar surface area (TPSA) is 37.4 Å². The number of benzene rings is 1. The molecule has 0 saturated carbocycles. The van der Waals surface area contributed by atoms with Crippen molar-refractivity contribution in [1.29, 1.82) is 0 Å². The second-order valence-corrected chi connectivity index (χ2v) is 9.28. The van der Waals surface area contributed by atoms with E-state index in [2.05, 4.69) is 25.3 Å². The zero-order valence-corrected chi connectivity index (χ0v) is 16.0. The van der Waals surface area contributed by atoms with Crippen molar-refractivity contribution in [1.82, 2.24) is 4.31 Å². The Bertz CT molecular complexity index is 778. The zero-order valence-electron chi connectivity index (χ0n) is 14.4. The van der Waals surface area contributed by atoms with Crippen LogP contribution < -0.4 is 0 Å². The van der Waals surface area contributed by atoms with Crippen LogP contribution in [0.3, 0.4) is 0 Å². The molecule has 1 fully saturated rings. The first kappa shape index (κ1) is 17.6. The molecule has 1 atom stereocenters. The number of rotatable bonds is 4. The maximum atomic E-state index is 13.3. The Hall–Kier alpha value is -1.17. The van der Waals surface area contributed by atoms with Crippen LogP contribution in [0.2, 0.25) is 0 Å². The molecule has 24 heavy (non-hydrogen) atoms. The second kappa shape index (κ2) is 7.38. The van der Waals surface area contributed by atoms with Crippen molar-refractivity contribution >= 4 is 21.4 Å². The van der Waals surface area contributed by atoms with Crippen molar-refractivity contribution in [2.24, 2.45) is 0 Å². The van der Waals surface area contributed by atoms with E-state index in [1.54, 1.807) is 27.8 Å². The average Bonchev–Trinajstić information content (AvgIpc) is 2.86. The number of sulfonamides is 1. The van der Waals surface area contributed by atoms with Crippen LogP contribution in [0.15, 0.2) is 40.6 Å². The van der Waals surface area contributed by atoms with Gasteiger partial charge >= 0.3 is 0 Å². The molecule has 3 rings (SSSR count). The van der Waals surface area contributed by atoms with E-state index in [1.165, 1.54) is 10.4 Å². The van der Waals surface area contributed by atoms with Crippen molar-refractivity contribution in [3.8, 4) is 0 Å². The van der Waals surface area contributed by atoms with Gasteiger partial charge < -0.3 is 0 Å². The van der Waals surface area contributed by atoms with Crippen molar-refractivity contribution in [3.05, 3.63) is 51.7 Å². The summed E-state index contributed by atoms with van der Waals surface area (Å²) in [6.45, 7) is 4.77. The van der Waals surface area contributed by atoms with Gasteiger partial charge in [-0.1, -0.05) is 31.9 Å². The van der Waals surface area contributed by atoms with Crippen LogP contribution in [-0.4, -0.2) is 19.3 Å². The van der Waals surface area contributed by atoms with E-state index >= 15 is 0 Å². The van der Waals surface area contributed by atoms with Gasteiger partial charge in [0.1, 0.15) is 0 Å². The summed E-state index contributed by atoms with van der Waals surface area (Å²) in [6, 6.07) is 9.44. The summed E-state index contributed by atoms with van der Waals surface area (Å²) in [7, 11) is -3.46. The molecule has 0 spiro atoms. The predicted molar refractivity (Wildman–Crippen MR) is 100.0 cm³/mol. The third kappa shape index (κ3) is 3.44. The van der Waals surface area contributed by atoms with Crippen LogP contribution >= 0.6 is 11.3 Å². The molecule has 1 unspecified atom stereocenters. The minimum atomic E-state index is -3.46. The number of hydrogen-bond donors (Lipinski definition) is 0. The lowest BCUT2D eigenvalue weighted by molar-refractivity contribution is 0.332. The molecular formula is C19H25NO2S2. The predicted octanol–water partition coefficient (Wildman–Crippen LogP) is 4.92. The van der Waals surface area contributed by atoms with Gasteiger partial charge in [0.2, 0.25) is 10.0 Å². The van der Waals surface area contributed by atoms with Crippen LogP contribution in [0.4, 0.5) is 0 Å². The van der Waals surface area contributed by atoms with Gasteiger partial charge in [-0.25, -0.2) is 8.42 Å². The molecule has 2 aromatic rings. The van der Waals surface area contributed by atoms with E-state index in [4.69, 9.17) is 0 Å². The van der Waals surface area contributed by atoms with Crippen LogP contribution in [0.5, 0.6) is 0 Å². The monoisotopic (exact) mass is 363 g/mol. The maximum Gasteiger partial charge on any atom is 0.243 e. The Kier molecular flexibility index (Phi) is 5.42. The highest BCUT2D eigenvalue weighted by molar-refractivity contribution is 7.89. The van der Waals surface area contributed by atoms with Crippen LogP contribution in [0.1, 0.15) is 54.7 Å². The van der Waals surface area contributed by atoms with Crippen molar-refractivity contribution < 1.29 is 8.42 Å². The summed E-state index contributed by atoms with van der Waals surface area (Å²) in [6.07, 6.45) is 4.95. The molecular weight excluding hydrogens is 338 g/mol. The third-order valence-electron chi connectivity index (χ3n) is 4.85. The fourth-order valence-electron chi connectivity index (χ4n) is 3.39. The van der Waals surface area contributed by atoms with Gasteiger partial charge in [0.25, 0.3) is 0 Å². The van der Waals surface area contributed by atoms with Gasteiger partial charge in [-0.05, 0) is 60.9 Å². The Balaban J connectivity index is 1.99. The Labute approximate surface area is 149 Å². The van der Waals surface area contributed by atoms with Gasteiger partial charge in [0, 0.05) is 11.4 Å². The lowest BCUT2D eigenvalue weighted by Gasteiger charge is -2.29. The minimum absolute atomic E-state index is 0.0247. The SMILES string of the molecule is CCc1ccc(S(=O)(=O)N2CCCCCC2c2sccc2C)cc1. The number of nitrogens with zero attached hydrogens (tertiary/aromatic N) is 1. The quantitative estimate of drug-likeness (QED) is 0.773. The highest BCUT2D eigenvalue weighted by Crippen LogP contribution is 2.38. The lowest BCUT2D eigenvalue weighted by atomic mass is 10.1. The maximum absolute atomic E-state index is 13.3. The molecule has 0 aliphatic carbocycles. The molecule has 1 aliphatic heterocycles. The minimum Gasteiger partial charge on any atom is -0.207 e. The van der Waals surface area contributed by atoms with Gasteiger partial charge in [-0.2, -0.15) is 4.31 Å². The van der Waals surface area contributed by atoms with E-state index < -0.39 is 10.0 Å². The van der Waals surface area contributed by atoms with E-state index in [0.29, 0.717) is 11.4 Å². The molecule has 0 radical (unpaired) electrons. The molecule has 0 amide bonds. The first-order chi connectivity index (χ1) is 11.5. The molecule has 5 heteroatoms. The Morgan fingerprint density at radius 2 is 1.88 bits per heavy atom. The Morgan fingerprint density at radius 1 is 1.12 bits per heavy atom. The largest absolute Gasteiger partial charge is 0.243 e. The smallest absolute Gasteiger partial charge is 0.207 e. The number of thiophene rings is 1. The van der Waals surface area contributed by atoms with Crippen LogP contribution in [0, 0.1) is 6.92 Å². The average molecular weight is 364 g/mol.